The summed E-state index contributed by atoms with van der Waals surface area (Å²) in [6.07, 6.45) is -6.78. The second-order valence-corrected chi connectivity index (χ2v) is 22.5. The Morgan fingerprint density at radius 1 is 0.944 bits per heavy atom. The maximum atomic E-state index is 14.1. The molecule has 5 aromatic rings. The Hall–Kier alpha value is -9.51. The van der Waals surface area contributed by atoms with E-state index in [9.17, 15) is 83.7 Å². The minimum absolute atomic E-state index is 0.00914. The van der Waals surface area contributed by atoms with Gasteiger partial charge in [0.2, 0.25) is 35.4 Å². The summed E-state index contributed by atoms with van der Waals surface area (Å²) in [7, 11) is 1.27. The third kappa shape index (κ3) is 13.5. The minimum Gasteiger partial charge on any atom is -0.507 e. The van der Waals surface area contributed by atoms with Crippen molar-refractivity contribution in [3.8, 4) is 17.2 Å². The number of hydrogen-bond donors (Lipinski definition) is 14. The van der Waals surface area contributed by atoms with Crippen molar-refractivity contribution >= 4 is 93.3 Å². The second kappa shape index (κ2) is 26.4. The van der Waals surface area contributed by atoms with Crippen molar-refractivity contribution in [2.24, 2.45) is 10.8 Å². The van der Waals surface area contributed by atoms with Gasteiger partial charge in [-0.1, -0.05) is 12.1 Å². The number of aliphatic hydroxyl groups excluding tert-OH is 2. The number of nitrogens with zero attached hydrogens (tertiary/aromatic N) is 5. The number of aromatic hydroxyl groups is 2. The Balaban J connectivity index is 0.780. The molecule has 2 aliphatic carbocycles. The van der Waals surface area contributed by atoms with Gasteiger partial charge < -0.3 is 77.4 Å². The highest BCUT2D eigenvalue weighted by Gasteiger charge is 2.50. The molecule has 0 bridgehead atoms. The van der Waals surface area contributed by atoms with Gasteiger partial charge in [0.05, 0.1) is 78.1 Å². The maximum Gasteiger partial charge on any atom is 0.327 e. The fraction of sp³-hybridized carbons (Fsp3) is 0.393. The quantitative estimate of drug-likeness (QED) is 0.0152. The number of hydrazone groups is 1. The summed E-state index contributed by atoms with van der Waals surface area (Å²) >= 11 is 0.723. The molecule has 2 aromatic heterocycles. The summed E-state index contributed by atoms with van der Waals surface area (Å²) in [6, 6.07) is 5.94. The van der Waals surface area contributed by atoms with E-state index >= 15 is 0 Å². The summed E-state index contributed by atoms with van der Waals surface area (Å²) in [5.41, 5.74) is 9.35. The molecule has 3 aromatic carbocycles. The van der Waals surface area contributed by atoms with Crippen molar-refractivity contribution in [1.29, 1.82) is 0 Å². The average molecular weight is 1250 g/mol. The molecule has 33 heteroatoms. The van der Waals surface area contributed by atoms with E-state index in [0.717, 1.165) is 16.7 Å². The van der Waals surface area contributed by atoms with E-state index in [1.165, 1.54) is 62.7 Å². The predicted molar refractivity (Wildman–Crippen MR) is 308 cm³/mol. The number of imide groups is 1. The molecule has 2 aliphatic heterocycles. The Labute approximate surface area is 506 Å². The maximum absolute atomic E-state index is 14.1. The van der Waals surface area contributed by atoms with Crippen molar-refractivity contribution in [3.05, 3.63) is 104 Å². The molecule has 4 heterocycles. The number of phenolic OH excluding ortho intramolecular Hbond substituents is 2. The average Bonchev–Trinajstić information content (AvgIpc) is 1.11. The molecule has 9 rings (SSSR count). The molecular weight excluding hydrogens is 1190 g/mol. The van der Waals surface area contributed by atoms with Crippen LogP contribution < -0.4 is 43.1 Å². The van der Waals surface area contributed by atoms with E-state index in [1.807, 2.05) is 0 Å². The number of carbonyl (C=O) groups is 9. The topological polar surface area (TPSA) is 510 Å². The van der Waals surface area contributed by atoms with Crippen LogP contribution in [0.4, 0.5) is 11.6 Å². The first kappa shape index (κ1) is 64.0. The number of likely N-dealkylation sites (tertiary alicyclic amines) is 1. The van der Waals surface area contributed by atoms with E-state index < -0.39 is 198 Å². The van der Waals surface area contributed by atoms with Crippen molar-refractivity contribution < 1.29 is 93.1 Å². The van der Waals surface area contributed by atoms with Crippen molar-refractivity contribution in [3.63, 3.8) is 0 Å². The molecule has 5 amide bonds. The number of carboxylic acids is 2. The summed E-state index contributed by atoms with van der Waals surface area (Å²) in [5.74, 6) is -11.1. The minimum atomic E-state index is -2.37. The normalized spacial score (nSPS) is 22.1. The van der Waals surface area contributed by atoms with Crippen LogP contribution in [-0.2, 0) is 51.2 Å². The number of thioether (sulfide) groups is 1. The number of anilines is 2. The molecule has 89 heavy (non-hydrogen) atoms. The lowest BCUT2D eigenvalue weighted by Crippen LogP contribution is -2.53. The van der Waals surface area contributed by atoms with Gasteiger partial charge in [0.1, 0.15) is 34.9 Å². The smallest absolute Gasteiger partial charge is 0.327 e. The van der Waals surface area contributed by atoms with Crippen molar-refractivity contribution in [1.82, 2.24) is 40.9 Å². The highest BCUT2D eigenvalue weighted by atomic mass is 32.2. The molecule has 16 N–H and O–H groups in total. The number of fused-ring (bicyclic) bond motifs is 4. The van der Waals surface area contributed by atoms with E-state index in [1.54, 1.807) is 0 Å². The first-order chi connectivity index (χ1) is 42.3. The Kier molecular flexibility index (Phi) is 19.0. The van der Waals surface area contributed by atoms with E-state index in [2.05, 4.69) is 46.4 Å². The van der Waals surface area contributed by atoms with Crippen LogP contribution in [0.1, 0.15) is 111 Å². The van der Waals surface area contributed by atoms with Crippen LogP contribution in [-0.4, -0.2) is 193 Å². The highest BCUT2D eigenvalue weighted by molar-refractivity contribution is 8.00. The van der Waals surface area contributed by atoms with Gasteiger partial charge in [-0.25, -0.2) is 25.0 Å². The number of aromatic nitrogens is 4. The summed E-state index contributed by atoms with van der Waals surface area (Å²) < 4.78 is 17.5. The zero-order chi connectivity index (χ0) is 64.3. The van der Waals surface area contributed by atoms with Gasteiger partial charge >= 0.3 is 11.9 Å². The van der Waals surface area contributed by atoms with Gasteiger partial charge in [-0.2, -0.15) is 10.1 Å². The molecule has 0 radical (unpaired) electrons. The molecule has 2 unspecified atom stereocenters. The fourth-order valence-electron chi connectivity index (χ4n) is 10.7. The molecule has 2 saturated heterocycles. The number of aliphatic hydroxyl groups is 3. The Morgan fingerprint density at radius 3 is 2.35 bits per heavy atom. The van der Waals surface area contributed by atoms with Crippen LogP contribution in [0.5, 0.6) is 17.2 Å². The number of carboxylic acid groups (broad SMARTS) is 2. The van der Waals surface area contributed by atoms with E-state index in [4.69, 9.17) is 25.7 Å². The van der Waals surface area contributed by atoms with Gasteiger partial charge in [0.15, 0.2) is 23.2 Å². The first-order valence-corrected chi connectivity index (χ1v) is 28.5. The van der Waals surface area contributed by atoms with Crippen LogP contribution in [0.2, 0.25) is 0 Å². The third-order valence-corrected chi connectivity index (χ3v) is 16.7. The van der Waals surface area contributed by atoms with E-state index in [0.29, 0.717) is 11.4 Å². The molecule has 2 fully saturated rings. The SMILES string of the molecule is COc1cccc2c1C(=O)c1c(O)c3c(c(O)c1C2=O)C[C@@](O)(/C(CO)=N\NC(=O)CCN1C(=O)CC(SC[C@H](NC(=O)CC[C@H](NC(=O)c2ccc(NCc4cnc5nc(N)[nH]c(=O)c5n4)cc2)C(=O)O)C(=O)O)C1=O)C[C@@H]3O[C@H]1C[C@@H](N)[C@H](O)C(C)O1. The summed E-state index contributed by atoms with van der Waals surface area (Å²) in [4.78, 5) is 146. The number of hydrogen-bond acceptors (Lipinski definition) is 26. The fourth-order valence-corrected chi connectivity index (χ4v) is 11.9. The largest absolute Gasteiger partial charge is 0.507 e. The standard InChI is InChI=1S/C56H60N12O20S/c1-22-44(73)28(57)14-38(87-22)88-32-17-56(85,16-27-40(32)48(77)42-41(46(27)75)45(74)26-4-3-5-31(86-2)39(26)47(42)76)34(20-69)66-67-36(71)12-13-68-37(72)15-33(52(68)80)89-21-30(54(83)84)62-35(70)11-10-29(53(81)82)63-50(78)23-6-8-24(9-7-23)59-18-25-19-60-49-43(61-25)51(79)65-55(58)64-49/h3-9,19,22,28-30,32-33,38,44,59,69,73,75,77,85H,10-18,20-21,57H2,1-2H3,(H,62,70)(H,63,78)(H,67,71)(H,81,82)(H,83,84)(H3,58,60,64,65,79)/b66-34-/t22?,28-,29+,30+,32+,33?,38+,44-,56+/m1/s1. The molecule has 9 atom stereocenters. The molecular formula is C56H60N12O20S. The number of nitrogens with two attached hydrogens (primary N) is 2. The highest BCUT2D eigenvalue weighted by Crippen LogP contribution is 2.53. The zero-order valence-corrected chi connectivity index (χ0v) is 48.1. The number of phenols is 2. The number of aromatic amines is 1. The van der Waals surface area contributed by atoms with Crippen molar-refractivity contribution in [2.75, 3.05) is 37.1 Å². The van der Waals surface area contributed by atoms with Crippen LogP contribution in [0.3, 0.4) is 0 Å². The number of aliphatic carboxylic acids is 2. The van der Waals surface area contributed by atoms with Gasteiger partial charge in [-0.05, 0) is 43.7 Å². The van der Waals surface area contributed by atoms with Crippen molar-refractivity contribution in [2.45, 2.75) is 112 Å². The number of nitrogens with one attached hydrogen (secondary N) is 5. The van der Waals surface area contributed by atoms with Gasteiger partial charge in [0, 0.05) is 84.8 Å². The number of benzene rings is 3. The van der Waals surface area contributed by atoms with Gasteiger partial charge in [-0.3, -0.25) is 48.2 Å². The lowest BCUT2D eigenvalue weighted by Gasteiger charge is -2.43. The third-order valence-electron chi connectivity index (χ3n) is 15.4. The number of methoxy groups -OCH3 is 1. The first-order valence-electron chi connectivity index (χ1n) is 27.5. The monoisotopic (exact) mass is 1250 g/mol. The number of H-pyrrole nitrogens is 1. The molecule has 32 nitrogen and oxygen atoms in total. The molecule has 0 saturated carbocycles. The van der Waals surface area contributed by atoms with E-state index in [-0.39, 0.29) is 63.6 Å². The Bertz CT molecular complexity index is 3800. The number of ether oxygens (including phenoxy) is 3. The van der Waals surface area contributed by atoms with Crippen LogP contribution in [0.25, 0.3) is 11.2 Å². The van der Waals surface area contributed by atoms with Crippen LogP contribution in [0, 0.1) is 0 Å². The zero-order valence-electron chi connectivity index (χ0n) is 47.3. The molecule has 4 aliphatic rings. The molecule has 470 valence electrons. The summed E-state index contributed by atoms with van der Waals surface area (Å²) in [6.45, 7) is 0.0699. The number of carbonyl (C=O) groups excluding carboxylic acids is 7. The number of ketones is 2. The lowest BCUT2D eigenvalue weighted by atomic mass is 9.71. The van der Waals surface area contributed by atoms with Crippen LogP contribution >= 0.6 is 11.8 Å². The molecule has 0 spiro atoms. The predicted octanol–water partition coefficient (Wildman–Crippen LogP) is -1.39. The number of amides is 5. The van der Waals surface area contributed by atoms with Gasteiger partial charge in [0.25, 0.3) is 11.5 Å². The summed E-state index contributed by atoms with van der Waals surface area (Å²) in [5, 5.41) is 87.6. The van der Waals surface area contributed by atoms with Gasteiger partial charge in [-0.15, -0.1) is 11.8 Å². The second-order valence-electron chi connectivity index (χ2n) is 21.3. The number of rotatable bonds is 23. The lowest BCUT2D eigenvalue weighted by molar-refractivity contribution is -0.245. The Morgan fingerprint density at radius 2 is 1.66 bits per heavy atom. The number of nitrogen functional groups attached to an aromatic ring is 1. The van der Waals surface area contributed by atoms with Crippen LogP contribution in [0.15, 0.2) is 58.6 Å².